The van der Waals surface area contributed by atoms with Crippen LogP contribution in [0, 0.1) is 5.82 Å². The van der Waals surface area contributed by atoms with E-state index in [4.69, 9.17) is 4.42 Å². The average molecular weight is 407 g/mol. The summed E-state index contributed by atoms with van der Waals surface area (Å²) >= 11 is 0. The topological polar surface area (TPSA) is 66.7 Å². The van der Waals surface area contributed by atoms with Gasteiger partial charge in [-0.3, -0.25) is 14.6 Å². The summed E-state index contributed by atoms with van der Waals surface area (Å²) in [6.45, 7) is 0.542. The van der Waals surface area contributed by atoms with Crippen LogP contribution in [0.2, 0.25) is 0 Å². The number of hydrogen-bond donors (Lipinski definition) is 0. The third-order valence-electron chi connectivity index (χ3n) is 5.05. The highest BCUT2D eigenvalue weighted by molar-refractivity contribution is 5.96. The average Bonchev–Trinajstić information content (AvgIpc) is 3.48. The molecule has 0 atom stereocenters. The first-order valence-corrected chi connectivity index (χ1v) is 9.86. The van der Waals surface area contributed by atoms with Crippen LogP contribution in [0.3, 0.4) is 0 Å². The normalized spacial score (nSPS) is 13.1. The Morgan fingerprint density at radius 1 is 1.03 bits per heavy atom. The molecule has 2 heterocycles. The molecule has 1 aliphatic rings. The van der Waals surface area contributed by atoms with Gasteiger partial charge in [0, 0.05) is 30.5 Å². The summed E-state index contributed by atoms with van der Waals surface area (Å²) in [4.78, 5) is 33.4. The fraction of sp³-hybridized carbons (Fsp3) is 0.261. The van der Waals surface area contributed by atoms with E-state index in [1.165, 1.54) is 12.1 Å². The van der Waals surface area contributed by atoms with Crippen LogP contribution in [0.4, 0.5) is 4.39 Å². The van der Waals surface area contributed by atoms with Crippen molar-refractivity contribution in [3.63, 3.8) is 0 Å². The van der Waals surface area contributed by atoms with E-state index in [1.807, 2.05) is 0 Å². The second kappa shape index (κ2) is 8.90. The van der Waals surface area contributed by atoms with Crippen molar-refractivity contribution in [2.45, 2.75) is 32.0 Å². The van der Waals surface area contributed by atoms with Crippen molar-refractivity contribution in [2.75, 3.05) is 6.54 Å². The molecule has 2 amide bonds. The zero-order chi connectivity index (χ0) is 20.9. The summed E-state index contributed by atoms with van der Waals surface area (Å²) in [6.07, 6.45) is 6.47. The monoisotopic (exact) mass is 407 g/mol. The third kappa shape index (κ3) is 4.92. The molecule has 1 aromatic carbocycles. The van der Waals surface area contributed by atoms with Crippen molar-refractivity contribution in [3.05, 3.63) is 89.9 Å². The molecule has 4 rings (SSSR count). The van der Waals surface area contributed by atoms with Crippen molar-refractivity contribution in [1.82, 2.24) is 14.8 Å². The Kier molecular flexibility index (Phi) is 5.88. The summed E-state index contributed by atoms with van der Waals surface area (Å²) < 4.78 is 18.7. The second-order valence-corrected chi connectivity index (χ2v) is 7.36. The molecule has 1 saturated carbocycles. The Bertz CT molecular complexity index is 986. The SMILES string of the molecule is O=C(CN(C(=O)c1ccncc1)C1CC1)N(Cc1ccc(F)cc1)Cc1ccco1. The molecule has 6 nitrogen and oxygen atoms in total. The van der Waals surface area contributed by atoms with E-state index in [-0.39, 0.29) is 36.8 Å². The number of furan rings is 1. The van der Waals surface area contributed by atoms with E-state index in [9.17, 15) is 14.0 Å². The predicted octanol–water partition coefficient (Wildman–Crippen LogP) is 3.65. The number of aromatic nitrogens is 1. The standard InChI is InChI=1S/C23H22FN3O3/c24-19-5-3-17(4-6-19)14-26(15-21-2-1-13-30-21)22(28)16-27(20-7-8-20)23(29)18-9-11-25-12-10-18/h1-6,9-13,20H,7-8,14-16H2. The van der Waals surface area contributed by atoms with Gasteiger partial charge in [0.05, 0.1) is 12.8 Å². The number of halogens is 1. The Morgan fingerprint density at radius 2 is 1.77 bits per heavy atom. The predicted molar refractivity (Wildman–Crippen MR) is 108 cm³/mol. The molecule has 3 aromatic rings. The number of nitrogens with zero attached hydrogens (tertiary/aromatic N) is 3. The maximum atomic E-state index is 13.3. The quantitative estimate of drug-likeness (QED) is 0.572. The highest BCUT2D eigenvalue weighted by Gasteiger charge is 2.35. The molecule has 1 aliphatic carbocycles. The lowest BCUT2D eigenvalue weighted by atomic mass is 10.2. The van der Waals surface area contributed by atoms with E-state index in [1.54, 1.807) is 64.9 Å². The Labute approximate surface area is 173 Å². The van der Waals surface area contributed by atoms with Crippen LogP contribution >= 0.6 is 0 Å². The molecule has 0 bridgehead atoms. The van der Waals surface area contributed by atoms with Crippen LogP contribution in [0.15, 0.2) is 71.6 Å². The van der Waals surface area contributed by atoms with E-state index in [2.05, 4.69) is 4.98 Å². The zero-order valence-corrected chi connectivity index (χ0v) is 16.4. The molecule has 1 fully saturated rings. The van der Waals surface area contributed by atoms with Crippen molar-refractivity contribution in [3.8, 4) is 0 Å². The molecule has 0 aliphatic heterocycles. The van der Waals surface area contributed by atoms with Crippen molar-refractivity contribution >= 4 is 11.8 Å². The van der Waals surface area contributed by atoms with E-state index >= 15 is 0 Å². The van der Waals surface area contributed by atoms with Crippen LogP contribution in [-0.2, 0) is 17.9 Å². The van der Waals surface area contributed by atoms with Gasteiger partial charge in [0.2, 0.25) is 5.91 Å². The molecule has 0 spiro atoms. The molecule has 7 heteroatoms. The summed E-state index contributed by atoms with van der Waals surface area (Å²) in [5.74, 6) is -0.0487. The maximum absolute atomic E-state index is 13.3. The summed E-state index contributed by atoms with van der Waals surface area (Å²) in [6, 6.07) is 13.0. The van der Waals surface area contributed by atoms with Gasteiger partial charge in [-0.1, -0.05) is 12.1 Å². The molecule has 30 heavy (non-hydrogen) atoms. The number of amides is 2. The van der Waals surface area contributed by atoms with Crippen LogP contribution < -0.4 is 0 Å². The summed E-state index contributed by atoms with van der Waals surface area (Å²) in [5, 5.41) is 0. The number of hydrogen-bond acceptors (Lipinski definition) is 4. The first-order valence-electron chi connectivity index (χ1n) is 9.86. The van der Waals surface area contributed by atoms with Crippen LogP contribution in [0.1, 0.15) is 34.5 Å². The van der Waals surface area contributed by atoms with Crippen LogP contribution in [-0.4, -0.2) is 39.2 Å². The maximum Gasteiger partial charge on any atom is 0.254 e. The highest BCUT2D eigenvalue weighted by Crippen LogP contribution is 2.28. The van der Waals surface area contributed by atoms with Gasteiger partial charge in [0.25, 0.3) is 5.91 Å². The fourth-order valence-corrected chi connectivity index (χ4v) is 3.29. The summed E-state index contributed by atoms with van der Waals surface area (Å²) in [7, 11) is 0. The molecule has 0 radical (unpaired) electrons. The molecular formula is C23H22FN3O3. The van der Waals surface area contributed by atoms with Gasteiger partial charge >= 0.3 is 0 Å². The van der Waals surface area contributed by atoms with Gasteiger partial charge in [0.1, 0.15) is 18.1 Å². The van der Waals surface area contributed by atoms with Crippen molar-refractivity contribution < 1.29 is 18.4 Å². The summed E-state index contributed by atoms with van der Waals surface area (Å²) in [5.41, 5.74) is 1.32. The van der Waals surface area contributed by atoms with Crippen LogP contribution in [0.5, 0.6) is 0 Å². The molecule has 0 saturated heterocycles. The minimum Gasteiger partial charge on any atom is -0.467 e. The number of benzene rings is 1. The van der Waals surface area contributed by atoms with Gasteiger partial charge in [-0.15, -0.1) is 0 Å². The van der Waals surface area contributed by atoms with E-state index < -0.39 is 0 Å². The largest absolute Gasteiger partial charge is 0.467 e. The second-order valence-electron chi connectivity index (χ2n) is 7.36. The Balaban J connectivity index is 1.52. The highest BCUT2D eigenvalue weighted by atomic mass is 19.1. The minimum absolute atomic E-state index is 0.0201. The Morgan fingerprint density at radius 3 is 2.40 bits per heavy atom. The molecule has 0 N–H and O–H groups in total. The lowest BCUT2D eigenvalue weighted by Gasteiger charge is -2.27. The van der Waals surface area contributed by atoms with Gasteiger partial charge < -0.3 is 14.2 Å². The smallest absolute Gasteiger partial charge is 0.254 e. The zero-order valence-electron chi connectivity index (χ0n) is 16.4. The van der Waals surface area contributed by atoms with E-state index in [0.29, 0.717) is 17.9 Å². The number of pyridine rings is 1. The van der Waals surface area contributed by atoms with Crippen LogP contribution in [0.25, 0.3) is 0 Å². The Hall–Kier alpha value is -3.48. The first-order chi connectivity index (χ1) is 14.6. The first kappa shape index (κ1) is 19.8. The molecule has 2 aromatic heterocycles. The van der Waals surface area contributed by atoms with E-state index in [0.717, 1.165) is 18.4 Å². The van der Waals surface area contributed by atoms with Crippen molar-refractivity contribution in [2.24, 2.45) is 0 Å². The number of carbonyl (C=O) groups excluding carboxylic acids is 2. The molecular weight excluding hydrogens is 385 g/mol. The lowest BCUT2D eigenvalue weighted by molar-refractivity contribution is -0.133. The van der Waals surface area contributed by atoms with Gasteiger partial charge in [-0.2, -0.15) is 0 Å². The third-order valence-corrected chi connectivity index (χ3v) is 5.05. The van der Waals surface area contributed by atoms with Gasteiger partial charge in [-0.25, -0.2) is 4.39 Å². The lowest BCUT2D eigenvalue weighted by Crippen LogP contribution is -2.43. The fourth-order valence-electron chi connectivity index (χ4n) is 3.29. The molecule has 154 valence electrons. The number of rotatable bonds is 8. The van der Waals surface area contributed by atoms with Crippen molar-refractivity contribution in [1.29, 1.82) is 0 Å². The van der Waals surface area contributed by atoms with Gasteiger partial charge in [0.15, 0.2) is 0 Å². The van der Waals surface area contributed by atoms with Gasteiger partial charge in [-0.05, 0) is 54.8 Å². The molecule has 0 unspecified atom stereocenters. The number of carbonyl (C=O) groups is 2. The minimum atomic E-state index is -0.328.